The van der Waals surface area contributed by atoms with Crippen molar-refractivity contribution in [2.24, 2.45) is 0 Å². The van der Waals surface area contributed by atoms with Gasteiger partial charge in [-0.1, -0.05) is 22.0 Å². The standard InChI is InChI=1S/C24H23BrN4O2S/c1-13(2)27-23(30)17-11-16(25)10-15(4)21(17)28-24(31)19-12-20-18(7-9-32-20)29(19)22-14(3)6-5-8-26-22/h5-13H,1-4H3,(H,27,30)(H,28,31). The van der Waals surface area contributed by atoms with Gasteiger partial charge in [0.05, 0.1) is 21.5 Å². The number of rotatable bonds is 5. The minimum Gasteiger partial charge on any atom is -0.350 e. The molecule has 0 saturated carbocycles. The molecule has 8 heteroatoms. The second kappa shape index (κ2) is 8.88. The van der Waals surface area contributed by atoms with Gasteiger partial charge in [-0.25, -0.2) is 4.98 Å². The van der Waals surface area contributed by atoms with E-state index < -0.39 is 0 Å². The second-order valence-corrected chi connectivity index (χ2v) is 9.77. The van der Waals surface area contributed by atoms with Crippen LogP contribution in [0.1, 0.15) is 45.8 Å². The smallest absolute Gasteiger partial charge is 0.272 e. The second-order valence-electron chi connectivity index (χ2n) is 7.91. The number of benzene rings is 1. The number of carbonyl (C=O) groups is 2. The van der Waals surface area contributed by atoms with E-state index >= 15 is 0 Å². The Bertz CT molecular complexity index is 1340. The van der Waals surface area contributed by atoms with Crippen molar-refractivity contribution in [2.45, 2.75) is 33.7 Å². The van der Waals surface area contributed by atoms with Crippen LogP contribution in [-0.4, -0.2) is 27.4 Å². The summed E-state index contributed by atoms with van der Waals surface area (Å²) in [4.78, 5) is 30.9. The van der Waals surface area contributed by atoms with Crippen LogP contribution < -0.4 is 10.6 Å². The fraction of sp³-hybridized carbons (Fsp3) is 0.208. The molecule has 4 rings (SSSR count). The topological polar surface area (TPSA) is 76.0 Å². The Morgan fingerprint density at radius 3 is 2.59 bits per heavy atom. The zero-order chi connectivity index (χ0) is 23.0. The molecule has 0 spiro atoms. The van der Waals surface area contributed by atoms with E-state index in [0.29, 0.717) is 22.8 Å². The molecule has 0 saturated heterocycles. The first-order chi connectivity index (χ1) is 15.3. The first-order valence-corrected chi connectivity index (χ1v) is 11.9. The van der Waals surface area contributed by atoms with Crippen LogP contribution >= 0.6 is 27.3 Å². The Morgan fingerprint density at radius 1 is 1.09 bits per heavy atom. The summed E-state index contributed by atoms with van der Waals surface area (Å²) in [6.45, 7) is 7.63. The van der Waals surface area contributed by atoms with Crippen LogP contribution in [0.5, 0.6) is 0 Å². The van der Waals surface area contributed by atoms with Crippen molar-refractivity contribution in [1.29, 1.82) is 0 Å². The summed E-state index contributed by atoms with van der Waals surface area (Å²) in [7, 11) is 0. The average molecular weight is 511 g/mol. The highest BCUT2D eigenvalue weighted by molar-refractivity contribution is 9.10. The van der Waals surface area contributed by atoms with Crippen LogP contribution in [-0.2, 0) is 0 Å². The predicted molar refractivity (Wildman–Crippen MR) is 133 cm³/mol. The number of aryl methyl sites for hydroxylation is 2. The highest BCUT2D eigenvalue weighted by Crippen LogP contribution is 2.31. The number of anilines is 1. The normalized spacial score (nSPS) is 11.2. The van der Waals surface area contributed by atoms with Gasteiger partial charge >= 0.3 is 0 Å². The quantitative estimate of drug-likeness (QED) is 0.353. The van der Waals surface area contributed by atoms with Gasteiger partial charge in [-0.05, 0) is 74.5 Å². The van der Waals surface area contributed by atoms with Gasteiger partial charge in [-0.2, -0.15) is 0 Å². The van der Waals surface area contributed by atoms with Crippen LogP contribution in [0, 0.1) is 13.8 Å². The van der Waals surface area contributed by atoms with E-state index in [1.54, 1.807) is 23.6 Å². The molecule has 0 atom stereocenters. The third-order valence-electron chi connectivity index (χ3n) is 5.05. The molecule has 0 fully saturated rings. The van der Waals surface area contributed by atoms with Crippen molar-refractivity contribution >= 4 is 55.0 Å². The van der Waals surface area contributed by atoms with Gasteiger partial charge < -0.3 is 10.6 Å². The highest BCUT2D eigenvalue weighted by atomic mass is 79.9. The van der Waals surface area contributed by atoms with Crippen molar-refractivity contribution < 1.29 is 9.59 Å². The van der Waals surface area contributed by atoms with Gasteiger partial charge in [0.2, 0.25) is 0 Å². The van der Waals surface area contributed by atoms with E-state index in [1.165, 1.54) is 0 Å². The number of fused-ring (bicyclic) bond motifs is 1. The SMILES string of the molecule is Cc1cccnc1-n1c(C(=O)Nc2c(C)cc(Br)cc2C(=O)NC(C)C)cc2sccc21. The molecule has 32 heavy (non-hydrogen) atoms. The summed E-state index contributed by atoms with van der Waals surface area (Å²) in [5, 5.41) is 7.89. The van der Waals surface area contributed by atoms with E-state index in [2.05, 4.69) is 31.5 Å². The fourth-order valence-electron chi connectivity index (χ4n) is 3.64. The molecule has 3 aromatic heterocycles. The van der Waals surface area contributed by atoms with E-state index in [0.717, 1.165) is 25.8 Å². The average Bonchev–Trinajstić information content (AvgIpc) is 3.31. The largest absolute Gasteiger partial charge is 0.350 e. The molecule has 164 valence electrons. The summed E-state index contributed by atoms with van der Waals surface area (Å²) >= 11 is 5.02. The zero-order valence-electron chi connectivity index (χ0n) is 18.2. The Labute approximate surface area is 198 Å². The maximum Gasteiger partial charge on any atom is 0.272 e. The lowest BCUT2D eigenvalue weighted by molar-refractivity contribution is 0.0944. The molecule has 6 nitrogen and oxygen atoms in total. The van der Waals surface area contributed by atoms with Crippen LogP contribution in [0.25, 0.3) is 16.0 Å². The summed E-state index contributed by atoms with van der Waals surface area (Å²) in [6, 6.07) is 11.3. The van der Waals surface area contributed by atoms with E-state index in [9.17, 15) is 9.59 Å². The minimum atomic E-state index is -0.303. The molecule has 2 amide bonds. The zero-order valence-corrected chi connectivity index (χ0v) is 20.6. The van der Waals surface area contributed by atoms with E-state index in [4.69, 9.17) is 0 Å². The number of hydrogen-bond donors (Lipinski definition) is 2. The molecule has 0 aliphatic heterocycles. The summed E-state index contributed by atoms with van der Waals surface area (Å²) in [5.74, 6) is 0.162. The maximum atomic E-state index is 13.5. The first kappa shape index (κ1) is 22.2. The van der Waals surface area contributed by atoms with Gasteiger partial charge in [-0.15, -0.1) is 11.3 Å². The van der Waals surface area contributed by atoms with Crippen molar-refractivity contribution in [3.63, 3.8) is 0 Å². The number of hydrogen-bond acceptors (Lipinski definition) is 4. The number of amides is 2. The van der Waals surface area contributed by atoms with Gasteiger partial charge in [-0.3, -0.25) is 14.2 Å². The van der Waals surface area contributed by atoms with Gasteiger partial charge in [0.1, 0.15) is 11.5 Å². The molecule has 1 aromatic carbocycles. The number of halogens is 1. The molecule has 2 N–H and O–H groups in total. The van der Waals surface area contributed by atoms with E-state index in [-0.39, 0.29) is 17.9 Å². The summed E-state index contributed by atoms with van der Waals surface area (Å²) in [5.41, 5.74) is 4.04. The fourth-order valence-corrected chi connectivity index (χ4v) is 5.01. The third kappa shape index (κ3) is 4.20. The molecule has 0 aliphatic rings. The first-order valence-electron chi connectivity index (χ1n) is 10.2. The molecule has 3 heterocycles. The van der Waals surface area contributed by atoms with Crippen molar-refractivity contribution in [3.8, 4) is 5.82 Å². The third-order valence-corrected chi connectivity index (χ3v) is 6.36. The number of thiophene rings is 1. The van der Waals surface area contributed by atoms with Crippen LogP contribution in [0.15, 0.2) is 52.4 Å². The lowest BCUT2D eigenvalue weighted by Gasteiger charge is -2.17. The number of nitrogens with one attached hydrogen (secondary N) is 2. The molecule has 0 bridgehead atoms. The number of aromatic nitrogens is 2. The Balaban J connectivity index is 1.80. The van der Waals surface area contributed by atoms with Gasteiger partial charge in [0, 0.05) is 16.7 Å². The summed E-state index contributed by atoms with van der Waals surface area (Å²) < 4.78 is 3.64. The maximum absolute atomic E-state index is 13.5. The van der Waals surface area contributed by atoms with Crippen molar-refractivity contribution in [2.75, 3.05) is 5.32 Å². The van der Waals surface area contributed by atoms with Crippen molar-refractivity contribution in [3.05, 3.63) is 74.8 Å². The Hall–Kier alpha value is -2.97. The Morgan fingerprint density at radius 2 is 1.88 bits per heavy atom. The van der Waals surface area contributed by atoms with Gasteiger partial charge in [0.15, 0.2) is 0 Å². The summed E-state index contributed by atoms with van der Waals surface area (Å²) in [6.07, 6.45) is 1.72. The lowest BCUT2D eigenvalue weighted by Crippen LogP contribution is -2.31. The number of nitrogens with zero attached hydrogens (tertiary/aromatic N) is 2. The van der Waals surface area contributed by atoms with Crippen LogP contribution in [0.4, 0.5) is 5.69 Å². The van der Waals surface area contributed by atoms with E-state index in [1.807, 2.05) is 68.0 Å². The van der Waals surface area contributed by atoms with Gasteiger partial charge in [0.25, 0.3) is 11.8 Å². The number of carbonyl (C=O) groups excluding carboxylic acids is 2. The highest BCUT2D eigenvalue weighted by Gasteiger charge is 2.23. The predicted octanol–water partition coefficient (Wildman–Crippen LogP) is 5.86. The monoisotopic (exact) mass is 510 g/mol. The Kier molecular flexibility index (Phi) is 6.17. The number of pyridine rings is 1. The van der Waals surface area contributed by atoms with Crippen molar-refractivity contribution in [1.82, 2.24) is 14.9 Å². The molecule has 4 aromatic rings. The molecule has 0 radical (unpaired) electrons. The lowest BCUT2D eigenvalue weighted by atomic mass is 10.1. The molecule has 0 aliphatic carbocycles. The molecule has 0 unspecified atom stereocenters. The molecular formula is C24H23BrN4O2S. The van der Waals surface area contributed by atoms with Crippen LogP contribution in [0.3, 0.4) is 0 Å². The minimum absolute atomic E-state index is 0.0264. The molecular weight excluding hydrogens is 488 g/mol. The van der Waals surface area contributed by atoms with Crippen LogP contribution in [0.2, 0.25) is 0 Å².